The highest BCUT2D eigenvalue weighted by atomic mass is 16.5. The van der Waals surface area contributed by atoms with Gasteiger partial charge in [-0.05, 0) is 44.0 Å². The topological polar surface area (TPSA) is 75.1 Å². The zero-order valence-electron chi connectivity index (χ0n) is 17.6. The lowest BCUT2D eigenvalue weighted by molar-refractivity contribution is 0.104. The Morgan fingerprint density at radius 3 is 2.57 bits per heavy atom. The number of hydrogen-bond acceptors (Lipinski definition) is 4. The second kappa shape index (κ2) is 9.80. The molecule has 0 aliphatic heterocycles. The van der Waals surface area contributed by atoms with Crippen molar-refractivity contribution in [2.24, 2.45) is 0 Å². The van der Waals surface area contributed by atoms with Crippen LogP contribution in [0, 0.1) is 18.3 Å². The number of benzene rings is 2. The molecule has 3 aromatic rings. The average molecular weight is 402 g/mol. The second-order valence-electron chi connectivity index (χ2n) is 7.07. The highest BCUT2D eigenvalue weighted by molar-refractivity contribution is 6.20. The molecule has 1 N–H and O–H groups in total. The van der Waals surface area contributed by atoms with Gasteiger partial charge in [0.2, 0.25) is 5.78 Å². The molecular weight excluding hydrogens is 376 g/mol. The smallest absolute Gasteiger partial charge is 0.205 e. The summed E-state index contributed by atoms with van der Waals surface area (Å²) in [5.41, 5.74) is 2.88. The molecule has 0 bridgehead atoms. The maximum Gasteiger partial charge on any atom is 0.205 e. The Labute approximate surface area is 176 Å². The number of nitriles is 1. The van der Waals surface area contributed by atoms with Gasteiger partial charge in [-0.1, -0.05) is 32.0 Å². The molecule has 154 valence electrons. The predicted molar refractivity (Wildman–Crippen MR) is 119 cm³/mol. The number of aryl methyl sites for hydroxylation is 1. The Kier molecular flexibility index (Phi) is 6.92. The highest BCUT2D eigenvalue weighted by Crippen LogP contribution is 2.29. The Morgan fingerprint density at radius 2 is 1.83 bits per heavy atom. The van der Waals surface area contributed by atoms with Crippen molar-refractivity contribution in [3.8, 4) is 17.6 Å². The van der Waals surface area contributed by atoms with E-state index in [1.165, 1.54) is 0 Å². The molecule has 0 saturated heterocycles. The van der Waals surface area contributed by atoms with Gasteiger partial charge < -0.3 is 14.5 Å². The molecule has 5 nitrogen and oxygen atoms in total. The number of aromatic amines is 1. The molecule has 5 heteroatoms. The Balaban J connectivity index is 2.01. The van der Waals surface area contributed by atoms with Crippen LogP contribution in [0.25, 0.3) is 17.0 Å². The van der Waals surface area contributed by atoms with Crippen molar-refractivity contribution in [3.63, 3.8) is 0 Å². The summed E-state index contributed by atoms with van der Waals surface area (Å²) >= 11 is 0. The van der Waals surface area contributed by atoms with E-state index in [4.69, 9.17) is 9.47 Å². The number of nitrogens with one attached hydrogen (secondary N) is 1. The molecule has 1 aromatic heterocycles. The maximum absolute atomic E-state index is 13.2. The van der Waals surface area contributed by atoms with E-state index in [2.05, 4.69) is 11.1 Å². The van der Waals surface area contributed by atoms with Gasteiger partial charge in [0.1, 0.15) is 23.1 Å². The van der Waals surface area contributed by atoms with Crippen LogP contribution in [0.15, 0.2) is 48.0 Å². The number of fused-ring (bicyclic) bond motifs is 1. The van der Waals surface area contributed by atoms with E-state index in [1.54, 1.807) is 6.08 Å². The van der Waals surface area contributed by atoms with Crippen molar-refractivity contribution in [3.05, 3.63) is 64.9 Å². The largest absolute Gasteiger partial charge is 0.493 e. The number of para-hydroxylation sites is 1. The van der Waals surface area contributed by atoms with E-state index < -0.39 is 0 Å². The first-order chi connectivity index (χ1) is 14.6. The minimum atomic E-state index is -0.305. The third-order valence-electron chi connectivity index (χ3n) is 4.71. The number of Topliss-reactive ketones (excluding diaryl/α,β-unsaturated/α-hetero) is 1. The molecular formula is C25H26N2O3. The van der Waals surface area contributed by atoms with E-state index in [0.29, 0.717) is 35.8 Å². The van der Waals surface area contributed by atoms with Crippen molar-refractivity contribution in [2.45, 2.75) is 33.6 Å². The fourth-order valence-electron chi connectivity index (χ4n) is 3.29. The van der Waals surface area contributed by atoms with Crippen LogP contribution in [-0.2, 0) is 0 Å². The molecule has 0 fully saturated rings. The SMILES string of the molecule is CCCOc1ccc(C=C(C#N)C(=O)c2c(C)[nH]c3ccccc23)c(OCCC)c1. The van der Waals surface area contributed by atoms with Crippen molar-refractivity contribution < 1.29 is 14.3 Å². The lowest BCUT2D eigenvalue weighted by Gasteiger charge is -2.12. The number of allylic oxidation sites excluding steroid dienone is 1. The summed E-state index contributed by atoms with van der Waals surface area (Å²) in [5, 5.41) is 10.6. The van der Waals surface area contributed by atoms with Gasteiger partial charge in [0.25, 0.3) is 0 Å². The summed E-state index contributed by atoms with van der Waals surface area (Å²) in [6, 6.07) is 15.1. The van der Waals surface area contributed by atoms with Crippen LogP contribution < -0.4 is 9.47 Å². The van der Waals surface area contributed by atoms with Gasteiger partial charge in [0.15, 0.2) is 0 Å². The van der Waals surface area contributed by atoms with Gasteiger partial charge in [-0.25, -0.2) is 0 Å². The van der Waals surface area contributed by atoms with Gasteiger partial charge in [0, 0.05) is 28.2 Å². The molecule has 0 aliphatic carbocycles. The highest BCUT2D eigenvalue weighted by Gasteiger charge is 2.20. The molecule has 0 radical (unpaired) electrons. The van der Waals surface area contributed by atoms with Crippen LogP contribution in [0.1, 0.15) is 48.3 Å². The molecule has 0 atom stereocenters. The van der Waals surface area contributed by atoms with Gasteiger partial charge in [0.05, 0.1) is 18.8 Å². The van der Waals surface area contributed by atoms with Crippen molar-refractivity contribution in [2.75, 3.05) is 13.2 Å². The molecule has 0 spiro atoms. The number of ether oxygens (including phenoxy) is 2. The molecule has 0 aliphatic rings. The lowest BCUT2D eigenvalue weighted by Crippen LogP contribution is -2.04. The fraction of sp³-hybridized carbons (Fsp3) is 0.280. The van der Waals surface area contributed by atoms with Crippen LogP contribution in [0.2, 0.25) is 0 Å². The van der Waals surface area contributed by atoms with Gasteiger partial charge in [-0.3, -0.25) is 4.79 Å². The third kappa shape index (κ3) is 4.55. The minimum Gasteiger partial charge on any atom is -0.493 e. The molecule has 0 unspecified atom stereocenters. The number of H-pyrrole nitrogens is 1. The second-order valence-corrected chi connectivity index (χ2v) is 7.07. The number of carbonyl (C=O) groups excluding carboxylic acids is 1. The molecule has 0 saturated carbocycles. The summed E-state index contributed by atoms with van der Waals surface area (Å²) in [5.74, 6) is 0.999. The van der Waals surface area contributed by atoms with Crippen LogP contribution in [0.4, 0.5) is 0 Å². The number of hydrogen-bond donors (Lipinski definition) is 1. The Bertz CT molecular complexity index is 1120. The first-order valence-electron chi connectivity index (χ1n) is 10.2. The van der Waals surface area contributed by atoms with Crippen molar-refractivity contribution in [1.82, 2.24) is 4.98 Å². The van der Waals surface area contributed by atoms with Crippen molar-refractivity contribution in [1.29, 1.82) is 5.26 Å². The number of nitrogens with zero attached hydrogens (tertiary/aromatic N) is 1. The summed E-state index contributed by atoms with van der Waals surface area (Å²) in [6.45, 7) is 7.07. The van der Waals surface area contributed by atoms with Gasteiger partial charge in [-0.15, -0.1) is 0 Å². The average Bonchev–Trinajstić information content (AvgIpc) is 3.10. The summed E-state index contributed by atoms with van der Waals surface area (Å²) < 4.78 is 11.6. The Morgan fingerprint density at radius 1 is 1.10 bits per heavy atom. The number of carbonyl (C=O) groups is 1. The number of rotatable bonds is 9. The van der Waals surface area contributed by atoms with E-state index in [-0.39, 0.29) is 11.4 Å². The predicted octanol–water partition coefficient (Wildman–Crippen LogP) is 5.84. The zero-order valence-corrected chi connectivity index (χ0v) is 17.6. The number of aromatic nitrogens is 1. The molecule has 3 rings (SSSR count). The normalized spacial score (nSPS) is 11.3. The monoisotopic (exact) mass is 402 g/mol. The fourth-order valence-corrected chi connectivity index (χ4v) is 3.29. The summed E-state index contributed by atoms with van der Waals surface area (Å²) in [6.07, 6.45) is 3.35. The molecule has 30 heavy (non-hydrogen) atoms. The maximum atomic E-state index is 13.2. The molecule has 2 aromatic carbocycles. The molecule has 0 amide bonds. The van der Waals surface area contributed by atoms with E-state index in [0.717, 1.165) is 29.4 Å². The van der Waals surface area contributed by atoms with Crippen molar-refractivity contribution >= 4 is 22.8 Å². The third-order valence-corrected chi connectivity index (χ3v) is 4.71. The number of ketones is 1. The van der Waals surface area contributed by atoms with E-state index >= 15 is 0 Å². The zero-order chi connectivity index (χ0) is 21.5. The lowest BCUT2D eigenvalue weighted by atomic mass is 9.99. The van der Waals surface area contributed by atoms with Crippen LogP contribution in [-0.4, -0.2) is 24.0 Å². The Hall–Kier alpha value is -3.52. The van der Waals surface area contributed by atoms with Crippen LogP contribution in [0.5, 0.6) is 11.5 Å². The van der Waals surface area contributed by atoms with E-state index in [1.807, 2.05) is 63.2 Å². The summed E-state index contributed by atoms with van der Waals surface area (Å²) in [7, 11) is 0. The summed E-state index contributed by atoms with van der Waals surface area (Å²) in [4.78, 5) is 16.5. The van der Waals surface area contributed by atoms with Crippen LogP contribution in [0.3, 0.4) is 0 Å². The van der Waals surface area contributed by atoms with Gasteiger partial charge >= 0.3 is 0 Å². The standard InChI is InChI=1S/C25H26N2O3/c1-4-12-29-20-11-10-18(23(15-20)30-13-5-2)14-19(16-26)25(28)24-17(3)27-22-9-7-6-8-21(22)24/h6-11,14-15,27H,4-5,12-13H2,1-3H3. The van der Waals surface area contributed by atoms with Crippen LogP contribution >= 0.6 is 0 Å². The minimum absolute atomic E-state index is 0.0615. The quantitative estimate of drug-likeness (QED) is 0.277. The first kappa shape index (κ1) is 21.2. The van der Waals surface area contributed by atoms with Gasteiger partial charge in [-0.2, -0.15) is 5.26 Å². The molecule has 1 heterocycles. The first-order valence-corrected chi connectivity index (χ1v) is 10.2. The van der Waals surface area contributed by atoms with E-state index in [9.17, 15) is 10.1 Å².